The van der Waals surface area contributed by atoms with Gasteiger partial charge >= 0.3 is 0 Å². The highest BCUT2D eigenvalue weighted by molar-refractivity contribution is 7.89. The minimum Gasteiger partial charge on any atom is -0.480 e. The van der Waals surface area contributed by atoms with E-state index in [9.17, 15) is 8.42 Å². The van der Waals surface area contributed by atoms with E-state index in [4.69, 9.17) is 9.47 Å². The second-order valence-corrected chi connectivity index (χ2v) is 7.04. The normalized spacial score (nSPS) is 18.7. The number of hydrogen-bond acceptors (Lipinski definition) is 6. The largest absolute Gasteiger partial charge is 0.480 e. The average Bonchev–Trinajstić information content (AvgIpc) is 3.05. The fourth-order valence-electron chi connectivity index (χ4n) is 2.41. The first-order valence-corrected chi connectivity index (χ1v) is 8.61. The lowest BCUT2D eigenvalue weighted by molar-refractivity contribution is 0.203. The molecule has 122 valence electrons. The van der Waals surface area contributed by atoms with Gasteiger partial charge in [-0.3, -0.25) is 4.98 Å². The van der Waals surface area contributed by atoms with Gasteiger partial charge in [-0.2, -0.15) is 9.29 Å². The molecule has 1 fully saturated rings. The van der Waals surface area contributed by atoms with Crippen LogP contribution in [-0.2, 0) is 10.0 Å². The van der Waals surface area contributed by atoms with Crippen molar-refractivity contribution in [3.05, 3.63) is 42.7 Å². The standard InChI is InChI=1S/C15H17N3O4S/c1-21-14-9-16-10-15(17-14)22-12-7-8-18(11-12)23(19,20)13-5-3-2-4-6-13/h2-6,9-10,12H,7-8,11H2,1H3. The van der Waals surface area contributed by atoms with Crippen LogP contribution in [-0.4, -0.2) is 49.0 Å². The topological polar surface area (TPSA) is 81.6 Å². The zero-order valence-electron chi connectivity index (χ0n) is 12.6. The monoisotopic (exact) mass is 335 g/mol. The molecule has 3 rings (SSSR count). The molecule has 0 N–H and O–H groups in total. The maximum Gasteiger partial charge on any atom is 0.243 e. The smallest absolute Gasteiger partial charge is 0.243 e. The fourth-order valence-corrected chi connectivity index (χ4v) is 3.92. The van der Waals surface area contributed by atoms with E-state index in [0.717, 1.165) is 0 Å². The number of nitrogens with zero attached hydrogens (tertiary/aromatic N) is 3. The highest BCUT2D eigenvalue weighted by Crippen LogP contribution is 2.23. The predicted octanol–water partition coefficient (Wildman–Crippen LogP) is 1.33. The van der Waals surface area contributed by atoms with Crippen molar-refractivity contribution in [2.24, 2.45) is 0 Å². The van der Waals surface area contributed by atoms with E-state index in [1.165, 1.54) is 23.8 Å². The second-order valence-electron chi connectivity index (χ2n) is 5.10. The summed E-state index contributed by atoms with van der Waals surface area (Å²) in [6, 6.07) is 8.40. The van der Waals surface area contributed by atoms with Crippen LogP contribution in [0.5, 0.6) is 11.8 Å². The van der Waals surface area contributed by atoms with Crippen LogP contribution < -0.4 is 9.47 Å². The molecule has 1 aliphatic rings. The predicted molar refractivity (Wildman–Crippen MR) is 82.8 cm³/mol. The Morgan fingerprint density at radius 1 is 1.17 bits per heavy atom. The lowest BCUT2D eigenvalue weighted by atomic mass is 10.3. The van der Waals surface area contributed by atoms with Gasteiger partial charge in [0.25, 0.3) is 0 Å². The molecule has 0 spiro atoms. The van der Waals surface area contributed by atoms with E-state index in [1.807, 2.05) is 0 Å². The Balaban J connectivity index is 1.69. The maximum absolute atomic E-state index is 12.6. The Morgan fingerprint density at radius 2 is 1.91 bits per heavy atom. The summed E-state index contributed by atoms with van der Waals surface area (Å²) >= 11 is 0. The van der Waals surface area contributed by atoms with E-state index in [-0.39, 0.29) is 12.6 Å². The van der Waals surface area contributed by atoms with Crippen molar-refractivity contribution >= 4 is 10.0 Å². The molecule has 23 heavy (non-hydrogen) atoms. The van der Waals surface area contributed by atoms with E-state index < -0.39 is 10.0 Å². The Labute approximate surface area is 134 Å². The van der Waals surface area contributed by atoms with E-state index in [2.05, 4.69) is 9.97 Å². The molecule has 1 aromatic heterocycles. The van der Waals surface area contributed by atoms with Crippen molar-refractivity contribution < 1.29 is 17.9 Å². The van der Waals surface area contributed by atoms with Gasteiger partial charge < -0.3 is 9.47 Å². The molecule has 0 radical (unpaired) electrons. The number of methoxy groups -OCH3 is 1. The molecule has 1 aromatic carbocycles. The van der Waals surface area contributed by atoms with Crippen molar-refractivity contribution in [2.45, 2.75) is 17.4 Å². The van der Waals surface area contributed by atoms with E-state index >= 15 is 0 Å². The third-order valence-corrected chi connectivity index (χ3v) is 5.45. The molecule has 0 aliphatic carbocycles. The van der Waals surface area contributed by atoms with Crippen molar-refractivity contribution in [3.8, 4) is 11.8 Å². The Morgan fingerprint density at radius 3 is 2.65 bits per heavy atom. The molecule has 1 saturated heterocycles. The number of ether oxygens (including phenoxy) is 2. The zero-order valence-corrected chi connectivity index (χ0v) is 13.4. The number of aromatic nitrogens is 2. The Hall–Kier alpha value is -2.19. The number of hydrogen-bond donors (Lipinski definition) is 0. The lowest BCUT2D eigenvalue weighted by Gasteiger charge is -2.17. The minimum atomic E-state index is -3.48. The van der Waals surface area contributed by atoms with Crippen LogP contribution in [0.3, 0.4) is 0 Å². The molecular weight excluding hydrogens is 318 g/mol. The molecule has 0 saturated carbocycles. The van der Waals surface area contributed by atoms with E-state index in [1.54, 1.807) is 30.3 Å². The summed E-state index contributed by atoms with van der Waals surface area (Å²) in [5.41, 5.74) is 0. The molecule has 1 atom stereocenters. The summed E-state index contributed by atoms with van der Waals surface area (Å²) in [7, 11) is -1.99. The van der Waals surface area contributed by atoms with Crippen molar-refractivity contribution in [1.29, 1.82) is 0 Å². The highest BCUT2D eigenvalue weighted by Gasteiger charge is 2.33. The van der Waals surface area contributed by atoms with Gasteiger partial charge in [-0.15, -0.1) is 0 Å². The van der Waals surface area contributed by atoms with E-state index in [0.29, 0.717) is 29.6 Å². The lowest BCUT2D eigenvalue weighted by Crippen LogP contribution is -2.31. The first-order valence-electron chi connectivity index (χ1n) is 7.17. The maximum atomic E-state index is 12.6. The van der Waals surface area contributed by atoms with Gasteiger partial charge in [-0.25, -0.2) is 8.42 Å². The summed E-state index contributed by atoms with van der Waals surface area (Å²) < 4.78 is 37.3. The molecule has 0 amide bonds. The average molecular weight is 335 g/mol. The van der Waals surface area contributed by atoms with Crippen LogP contribution in [0.1, 0.15) is 6.42 Å². The highest BCUT2D eigenvalue weighted by atomic mass is 32.2. The van der Waals surface area contributed by atoms with Crippen LogP contribution >= 0.6 is 0 Å². The Bertz CT molecular complexity index is 767. The summed E-state index contributed by atoms with van der Waals surface area (Å²) in [4.78, 5) is 8.39. The first kappa shape index (κ1) is 15.7. The molecule has 8 heteroatoms. The summed E-state index contributed by atoms with van der Waals surface area (Å²) in [6.45, 7) is 0.704. The molecule has 0 bridgehead atoms. The molecular formula is C15H17N3O4S. The van der Waals surface area contributed by atoms with Crippen molar-refractivity contribution in [1.82, 2.24) is 14.3 Å². The quantitative estimate of drug-likeness (QED) is 0.820. The van der Waals surface area contributed by atoms with Crippen LogP contribution in [0.2, 0.25) is 0 Å². The van der Waals surface area contributed by atoms with Crippen molar-refractivity contribution in [2.75, 3.05) is 20.2 Å². The van der Waals surface area contributed by atoms with Gasteiger partial charge in [-0.1, -0.05) is 18.2 Å². The second kappa shape index (κ2) is 6.51. The van der Waals surface area contributed by atoms with Crippen LogP contribution in [0.15, 0.2) is 47.6 Å². The molecule has 2 aromatic rings. The molecule has 1 unspecified atom stereocenters. The van der Waals surface area contributed by atoms with Crippen molar-refractivity contribution in [3.63, 3.8) is 0 Å². The SMILES string of the molecule is COc1cncc(OC2CCN(S(=O)(=O)c3ccccc3)C2)n1. The zero-order chi connectivity index (χ0) is 16.3. The molecule has 7 nitrogen and oxygen atoms in total. The summed E-state index contributed by atoms with van der Waals surface area (Å²) in [6.07, 6.45) is 3.31. The minimum absolute atomic E-state index is 0.255. The third kappa shape index (κ3) is 3.43. The first-order chi connectivity index (χ1) is 11.1. The van der Waals surface area contributed by atoms with Crippen LogP contribution in [0.4, 0.5) is 0 Å². The van der Waals surface area contributed by atoms with Gasteiger partial charge in [0.1, 0.15) is 6.10 Å². The van der Waals surface area contributed by atoms with Gasteiger partial charge in [0.05, 0.1) is 30.9 Å². The number of benzene rings is 1. The molecule has 2 heterocycles. The van der Waals surface area contributed by atoms with Crippen LogP contribution in [0, 0.1) is 0 Å². The van der Waals surface area contributed by atoms with Gasteiger partial charge in [0.15, 0.2) is 0 Å². The fraction of sp³-hybridized carbons (Fsp3) is 0.333. The van der Waals surface area contributed by atoms with Gasteiger partial charge in [-0.05, 0) is 18.6 Å². The summed E-state index contributed by atoms with van der Waals surface area (Å²) in [5, 5.41) is 0. The van der Waals surface area contributed by atoms with Gasteiger partial charge in [0, 0.05) is 6.54 Å². The van der Waals surface area contributed by atoms with Gasteiger partial charge in [0.2, 0.25) is 21.8 Å². The third-order valence-electron chi connectivity index (χ3n) is 3.58. The Kier molecular flexibility index (Phi) is 4.44. The molecule has 1 aliphatic heterocycles. The summed E-state index contributed by atoms with van der Waals surface area (Å²) in [5.74, 6) is 0.683. The van der Waals surface area contributed by atoms with Crippen LogP contribution in [0.25, 0.3) is 0 Å². The number of rotatable bonds is 5. The number of sulfonamides is 1.